The maximum Gasteiger partial charge on any atom is 0.0840 e. The van der Waals surface area contributed by atoms with Gasteiger partial charge in [0.2, 0.25) is 0 Å². The Balaban J connectivity index is 2.08. The molecule has 2 aliphatic carbocycles. The summed E-state index contributed by atoms with van der Waals surface area (Å²) in [5, 5.41) is 30.7. The number of fused-ring (bicyclic) bond motifs is 3. The first kappa shape index (κ1) is 16.9. The molecule has 1 unspecified atom stereocenters. The van der Waals surface area contributed by atoms with Crippen molar-refractivity contribution in [3.8, 4) is 0 Å². The van der Waals surface area contributed by atoms with Gasteiger partial charge in [0.25, 0.3) is 0 Å². The van der Waals surface area contributed by atoms with Crippen molar-refractivity contribution < 1.29 is 15.3 Å². The summed E-state index contributed by atoms with van der Waals surface area (Å²) in [6.07, 6.45) is 3.07. The van der Waals surface area contributed by atoms with Gasteiger partial charge in [0.15, 0.2) is 0 Å². The minimum atomic E-state index is -0.835. The lowest BCUT2D eigenvalue weighted by Crippen LogP contribution is -2.54. The third-order valence-corrected chi connectivity index (χ3v) is 6.46. The summed E-state index contributed by atoms with van der Waals surface area (Å²) < 4.78 is 0. The molecule has 4 atom stereocenters. The fourth-order valence-electron chi connectivity index (χ4n) is 5.33. The van der Waals surface area contributed by atoms with Crippen LogP contribution in [0, 0.1) is 11.3 Å². The molecule has 3 heteroatoms. The van der Waals surface area contributed by atoms with Gasteiger partial charge >= 0.3 is 0 Å². The van der Waals surface area contributed by atoms with E-state index in [1.165, 1.54) is 11.1 Å². The average molecular weight is 318 g/mol. The summed E-state index contributed by atoms with van der Waals surface area (Å²) in [7, 11) is 0. The van der Waals surface area contributed by atoms with E-state index in [4.69, 9.17) is 0 Å². The van der Waals surface area contributed by atoms with Crippen molar-refractivity contribution in [2.75, 3.05) is 6.61 Å². The molecule has 0 saturated heterocycles. The molecule has 1 aromatic carbocycles. The number of hydrogen-bond acceptors (Lipinski definition) is 3. The van der Waals surface area contributed by atoms with Crippen molar-refractivity contribution >= 4 is 0 Å². The zero-order valence-corrected chi connectivity index (χ0v) is 14.8. The maximum absolute atomic E-state index is 10.4. The molecule has 0 amide bonds. The van der Waals surface area contributed by atoms with Crippen LogP contribution in [0.25, 0.3) is 0 Å². The Kier molecular flexibility index (Phi) is 3.90. The SMILES string of the molecule is CC(C)(O)c1ccc2c(c1)CCC1[C@](C)(CO)C[C@H](O)C[C@]21C. The molecule has 0 spiro atoms. The van der Waals surface area contributed by atoms with E-state index >= 15 is 0 Å². The second kappa shape index (κ2) is 5.30. The van der Waals surface area contributed by atoms with Gasteiger partial charge in [-0.3, -0.25) is 0 Å². The lowest BCUT2D eigenvalue weighted by molar-refractivity contribution is -0.0735. The molecule has 3 nitrogen and oxygen atoms in total. The van der Waals surface area contributed by atoms with Gasteiger partial charge in [0.1, 0.15) is 0 Å². The Morgan fingerprint density at radius 1 is 1.22 bits per heavy atom. The third kappa shape index (κ3) is 2.63. The fourth-order valence-corrected chi connectivity index (χ4v) is 5.33. The second-order valence-corrected chi connectivity index (χ2v) is 8.81. The summed E-state index contributed by atoms with van der Waals surface area (Å²) in [6, 6.07) is 6.29. The van der Waals surface area contributed by atoms with Crippen molar-refractivity contribution in [2.24, 2.45) is 11.3 Å². The first-order valence-corrected chi connectivity index (χ1v) is 8.75. The minimum Gasteiger partial charge on any atom is -0.396 e. The Bertz CT molecular complexity index is 603. The van der Waals surface area contributed by atoms with Crippen LogP contribution < -0.4 is 0 Å². The molecule has 23 heavy (non-hydrogen) atoms. The zero-order valence-electron chi connectivity index (χ0n) is 14.8. The average Bonchev–Trinajstić information content (AvgIpc) is 2.44. The van der Waals surface area contributed by atoms with E-state index in [0.29, 0.717) is 12.3 Å². The molecular weight excluding hydrogens is 288 g/mol. The molecule has 0 aromatic heterocycles. The van der Waals surface area contributed by atoms with Crippen molar-refractivity contribution in [3.05, 3.63) is 34.9 Å². The van der Waals surface area contributed by atoms with Gasteiger partial charge in [-0.25, -0.2) is 0 Å². The summed E-state index contributed by atoms with van der Waals surface area (Å²) >= 11 is 0. The van der Waals surface area contributed by atoms with Crippen LogP contribution in [0.5, 0.6) is 0 Å². The van der Waals surface area contributed by atoms with E-state index in [1.54, 1.807) is 0 Å². The summed E-state index contributed by atoms with van der Waals surface area (Å²) in [5.74, 6) is 0.379. The van der Waals surface area contributed by atoms with Crippen LogP contribution in [0.2, 0.25) is 0 Å². The lowest BCUT2D eigenvalue weighted by atomic mass is 9.49. The molecule has 0 heterocycles. The van der Waals surface area contributed by atoms with Crippen LogP contribution in [0.15, 0.2) is 18.2 Å². The fraction of sp³-hybridized carbons (Fsp3) is 0.700. The van der Waals surface area contributed by atoms with Gasteiger partial charge in [-0.1, -0.05) is 32.0 Å². The predicted octanol–water partition coefficient (Wildman–Crippen LogP) is 2.89. The lowest BCUT2D eigenvalue weighted by Gasteiger charge is -2.56. The van der Waals surface area contributed by atoms with Gasteiger partial charge in [-0.15, -0.1) is 0 Å². The van der Waals surface area contributed by atoms with E-state index in [-0.39, 0.29) is 23.5 Å². The van der Waals surface area contributed by atoms with E-state index < -0.39 is 5.60 Å². The monoisotopic (exact) mass is 318 g/mol. The van der Waals surface area contributed by atoms with Gasteiger partial charge in [-0.05, 0) is 73.0 Å². The molecule has 2 aliphatic rings. The Morgan fingerprint density at radius 3 is 2.52 bits per heavy atom. The molecule has 1 aromatic rings. The van der Waals surface area contributed by atoms with Crippen LogP contribution in [0.1, 0.15) is 63.6 Å². The maximum atomic E-state index is 10.4. The Morgan fingerprint density at radius 2 is 1.91 bits per heavy atom. The molecule has 0 radical (unpaired) electrons. The van der Waals surface area contributed by atoms with Crippen molar-refractivity contribution in [1.82, 2.24) is 0 Å². The van der Waals surface area contributed by atoms with Crippen LogP contribution in [-0.4, -0.2) is 28.0 Å². The largest absolute Gasteiger partial charge is 0.396 e. The van der Waals surface area contributed by atoms with E-state index in [2.05, 4.69) is 26.0 Å². The van der Waals surface area contributed by atoms with Crippen molar-refractivity contribution in [3.63, 3.8) is 0 Å². The first-order valence-electron chi connectivity index (χ1n) is 8.75. The highest BCUT2D eigenvalue weighted by Gasteiger charge is 2.54. The Hall–Kier alpha value is -0.900. The van der Waals surface area contributed by atoms with Crippen LogP contribution in [-0.2, 0) is 17.4 Å². The standard InChI is InChI=1S/C20H30O3/c1-18(2,23)14-6-7-16-13(9-14)5-8-17-19(3,12-21)10-15(22)11-20(16,17)4/h6-7,9,15,17,21-23H,5,8,10-12H2,1-4H3/t15-,17?,19-,20+/m0/s1. The molecule has 0 aliphatic heterocycles. The second-order valence-electron chi connectivity index (χ2n) is 8.81. The number of benzene rings is 1. The van der Waals surface area contributed by atoms with E-state index in [9.17, 15) is 15.3 Å². The van der Waals surface area contributed by atoms with Crippen molar-refractivity contribution in [2.45, 2.75) is 70.5 Å². The quantitative estimate of drug-likeness (QED) is 0.786. The number of aliphatic hydroxyl groups is 3. The van der Waals surface area contributed by atoms with E-state index in [0.717, 1.165) is 24.8 Å². The number of rotatable bonds is 2. The number of aliphatic hydroxyl groups excluding tert-OH is 2. The summed E-state index contributed by atoms with van der Waals surface area (Å²) in [5.41, 5.74) is 2.36. The van der Waals surface area contributed by atoms with Crippen LogP contribution in [0.4, 0.5) is 0 Å². The molecule has 0 bridgehead atoms. The zero-order chi connectivity index (χ0) is 17.0. The van der Waals surface area contributed by atoms with Gasteiger partial charge in [0.05, 0.1) is 11.7 Å². The first-order chi connectivity index (χ1) is 10.6. The third-order valence-electron chi connectivity index (χ3n) is 6.46. The molecule has 1 fully saturated rings. The smallest absolute Gasteiger partial charge is 0.0840 e. The summed E-state index contributed by atoms with van der Waals surface area (Å²) in [4.78, 5) is 0. The highest BCUT2D eigenvalue weighted by atomic mass is 16.3. The summed E-state index contributed by atoms with van der Waals surface area (Å²) in [6.45, 7) is 8.12. The predicted molar refractivity (Wildman–Crippen MR) is 91.3 cm³/mol. The van der Waals surface area contributed by atoms with E-state index in [1.807, 2.05) is 19.9 Å². The highest BCUT2D eigenvalue weighted by Crippen LogP contribution is 2.57. The Labute approximate surface area is 139 Å². The molecule has 3 rings (SSSR count). The number of hydrogen-bond donors (Lipinski definition) is 3. The normalized spacial score (nSPS) is 37.2. The van der Waals surface area contributed by atoms with Gasteiger partial charge < -0.3 is 15.3 Å². The molecular formula is C20H30O3. The highest BCUT2D eigenvalue weighted by molar-refractivity contribution is 5.42. The van der Waals surface area contributed by atoms with Gasteiger partial charge in [0, 0.05) is 6.61 Å². The molecule has 3 N–H and O–H groups in total. The topological polar surface area (TPSA) is 60.7 Å². The number of aryl methyl sites for hydroxylation is 1. The minimum absolute atomic E-state index is 0.110. The molecule has 1 saturated carbocycles. The molecule has 128 valence electrons. The van der Waals surface area contributed by atoms with Gasteiger partial charge in [-0.2, -0.15) is 0 Å². The van der Waals surface area contributed by atoms with Crippen LogP contribution in [0.3, 0.4) is 0 Å². The van der Waals surface area contributed by atoms with Crippen LogP contribution >= 0.6 is 0 Å². The van der Waals surface area contributed by atoms with Crippen molar-refractivity contribution in [1.29, 1.82) is 0 Å².